The first kappa shape index (κ1) is 25.3. The fourth-order valence-electron chi connectivity index (χ4n) is 2.77. The van der Waals surface area contributed by atoms with Gasteiger partial charge >= 0.3 is 11.8 Å². The molecule has 0 saturated heterocycles. The molecule has 3 rings (SSSR count). The van der Waals surface area contributed by atoms with Gasteiger partial charge in [0.1, 0.15) is 11.5 Å². The van der Waals surface area contributed by atoms with Crippen molar-refractivity contribution in [3.63, 3.8) is 0 Å². The van der Waals surface area contributed by atoms with Gasteiger partial charge in [-0.25, -0.2) is 5.43 Å². The van der Waals surface area contributed by atoms with Crippen molar-refractivity contribution in [2.24, 2.45) is 5.10 Å². The Morgan fingerprint density at radius 1 is 0.914 bits per heavy atom. The van der Waals surface area contributed by atoms with Gasteiger partial charge < -0.3 is 20.1 Å². The molecule has 35 heavy (non-hydrogen) atoms. The number of anilines is 2. The number of ether oxygens (including phenoxy) is 2. The summed E-state index contributed by atoms with van der Waals surface area (Å²) in [6.45, 7) is 1.65. The fourth-order valence-corrected chi connectivity index (χ4v) is 2.95. The van der Waals surface area contributed by atoms with Crippen molar-refractivity contribution < 1.29 is 23.9 Å². The second-order valence-corrected chi connectivity index (χ2v) is 7.66. The second kappa shape index (κ2) is 12.2. The third kappa shape index (κ3) is 7.86. The molecule has 180 valence electrons. The highest BCUT2D eigenvalue weighted by atomic mass is 35.5. The minimum Gasteiger partial charge on any atom is -0.497 e. The monoisotopic (exact) mass is 494 g/mol. The van der Waals surface area contributed by atoms with E-state index >= 15 is 0 Å². The number of hydrazone groups is 1. The second-order valence-electron chi connectivity index (χ2n) is 7.26. The van der Waals surface area contributed by atoms with Crippen molar-refractivity contribution in [2.75, 3.05) is 24.4 Å². The molecule has 3 amide bonds. The summed E-state index contributed by atoms with van der Waals surface area (Å²) in [5.74, 6) is -1.02. The van der Waals surface area contributed by atoms with E-state index in [0.29, 0.717) is 33.5 Å². The number of nitrogens with one attached hydrogen (secondary N) is 3. The van der Waals surface area contributed by atoms with Gasteiger partial charge in [-0.2, -0.15) is 5.10 Å². The molecule has 0 bridgehead atoms. The van der Waals surface area contributed by atoms with Gasteiger partial charge in [0.2, 0.25) is 0 Å². The van der Waals surface area contributed by atoms with Crippen molar-refractivity contribution in [3.05, 3.63) is 82.9 Å². The van der Waals surface area contributed by atoms with Crippen molar-refractivity contribution in [2.45, 2.75) is 6.92 Å². The van der Waals surface area contributed by atoms with Gasteiger partial charge in [0.05, 0.1) is 13.3 Å². The van der Waals surface area contributed by atoms with Crippen LogP contribution in [0.25, 0.3) is 0 Å². The van der Waals surface area contributed by atoms with Gasteiger partial charge in [-0.05, 0) is 66.6 Å². The first-order valence-electron chi connectivity index (χ1n) is 10.4. The highest BCUT2D eigenvalue weighted by Crippen LogP contribution is 2.20. The lowest BCUT2D eigenvalue weighted by molar-refractivity contribution is -0.136. The van der Waals surface area contributed by atoms with Crippen LogP contribution in [0.4, 0.5) is 11.4 Å². The van der Waals surface area contributed by atoms with E-state index in [1.807, 2.05) is 6.92 Å². The van der Waals surface area contributed by atoms with Crippen LogP contribution in [0.5, 0.6) is 11.5 Å². The normalized spacial score (nSPS) is 10.5. The molecule has 9 nitrogen and oxygen atoms in total. The predicted octanol–water partition coefficient (Wildman–Crippen LogP) is 3.76. The first-order valence-corrected chi connectivity index (χ1v) is 10.8. The Bertz CT molecular complexity index is 1240. The molecule has 3 aromatic carbocycles. The zero-order valence-corrected chi connectivity index (χ0v) is 19.8. The minimum atomic E-state index is -0.931. The van der Waals surface area contributed by atoms with Crippen LogP contribution in [0.15, 0.2) is 71.8 Å². The molecule has 3 N–H and O–H groups in total. The summed E-state index contributed by atoms with van der Waals surface area (Å²) < 4.78 is 10.6. The molecule has 0 aliphatic rings. The van der Waals surface area contributed by atoms with E-state index in [-0.39, 0.29) is 12.5 Å². The number of amides is 3. The van der Waals surface area contributed by atoms with Gasteiger partial charge in [-0.3, -0.25) is 14.4 Å². The average Bonchev–Trinajstić information content (AvgIpc) is 2.85. The van der Waals surface area contributed by atoms with E-state index in [0.717, 1.165) is 5.56 Å². The Labute approximate surface area is 207 Å². The molecular weight excluding hydrogens is 472 g/mol. The largest absolute Gasteiger partial charge is 0.497 e. The maximum atomic E-state index is 12.1. The van der Waals surface area contributed by atoms with Crippen LogP contribution in [0.2, 0.25) is 5.02 Å². The van der Waals surface area contributed by atoms with Crippen LogP contribution in [0, 0.1) is 6.92 Å². The molecule has 0 aliphatic heterocycles. The van der Waals surface area contributed by atoms with Crippen LogP contribution >= 0.6 is 11.6 Å². The van der Waals surface area contributed by atoms with Crippen molar-refractivity contribution in [1.29, 1.82) is 0 Å². The van der Waals surface area contributed by atoms with Gasteiger partial charge in [-0.1, -0.05) is 23.7 Å². The van der Waals surface area contributed by atoms with E-state index in [1.54, 1.807) is 73.8 Å². The lowest BCUT2D eigenvalue weighted by Gasteiger charge is -2.08. The number of aryl methyl sites for hydroxylation is 1. The molecule has 0 saturated carbocycles. The van der Waals surface area contributed by atoms with Crippen LogP contribution < -0.4 is 25.5 Å². The smallest absolute Gasteiger partial charge is 0.329 e. The van der Waals surface area contributed by atoms with Crippen LogP contribution in [-0.4, -0.2) is 37.7 Å². The highest BCUT2D eigenvalue weighted by molar-refractivity contribution is 6.39. The third-order valence-corrected chi connectivity index (χ3v) is 5.03. The quantitative estimate of drug-likeness (QED) is 0.250. The Balaban J connectivity index is 1.43. The number of hydrogen-bond donors (Lipinski definition) is 3. The molecule has 0 radical (unpaired) electrons. The van der Waals surface area contributed by atoms with E-state index in [9.17, 15) is 14.4 Å². The zero-order chi connectivity index (χ0) is 25.2. The van der Waals surface area contributed by atoms with Crippen molar-refractivity contribution >= 4 is 46.9 Å². The fraction of sp³-hybridized carbons (Fsp3) is 0.120. The summed E-state index contributed by atoms with van der Waals surface area (Å²) >= 11 is 6.01. The number of nitrogens with zero attached hydrogens (tertiary/aromatic N) is 1. The topological polar surface area (TPSA) is 118 Å². The standard InChI is InChI=1S/C25H23ClN4O5/c1-16-6-9-19(13-22(16)26)29-24(32)25(33)30-27-14-17-7-10-20(11-8-17)35-15-23(31)28-18-4-3-5-21(12-18)34-2/h3-14H,15H2,1-2H3,(H,28,31)(H,29,32)(H,30,33)/b27-14-. The summed E-state index contributed by atoms with van der Waals surface area (Å²) in [7, 11) is 1.55. The number of benzene rings is 3. The molecule has 3 aromatic rings. The van der Waals surface area contributed by atoms with E-state index in [4.69, 9.17) is 21.1 Å². The molecule has 10 heteroatoms. The molecular formula is C25H23ClN4O5. The summed E-state index contributed by atoms with van der Waals surface area (Å²) in [6, 6.07) is 18.6. The molecule has 0 fully saturated rings. The van der Waals surface area contributed by atoms with Crippen LogP contribution in [0.3, 0.4) is 0 Å². The van der Waals surface area contributed by atoms with E-state index < -0.39 is 11.8 Å². The third-order valence-electron chi connectivity index (χ3n) is 4.62. The van der Waals surface area contributed by atoms with Gasteiger partial charge in [0, 0.05) is 22.5 Å². The van der Waals surface area contributed by atoms with Crippen molar-refractivity contribution in [3.8, 4) is 11.5 Å². The van der Waals surface area contributed by atoms with E-state index in [1.165, 1.54) is 6.21 Å². The molecule has 0 spiro atoms. The Morgan fingerprint density at radius 2 is 1.66 bits per heavy atom. The Hall–Kier alpha value is -4.37. The SMILES string of the molecule is COc1cccc(NC(=O)COc2ccc(/C=N\NC(=O)C(=O)Nc3ccc(C)c(Cl)c3)cc2)c1. The molecule has 0 heterocycles. The van der Waals surface area contributed by atoms with Gasteiger partial charge in [0.25, 0.3) is 5.91 Å². The molecule has 0 aromatic heterocycles. The van der Waals surface area contributed by atoms with Gasteiger partial charge in [0.15, 0.2) is 6.61 Å². The number of methoxy groups -OCH3 is 1. The zero-order valence-electron chi connectivity index (χ0n) is 19.0. The lowest BCUT2D eigenvalue weighted by Crippen LogP contribution is -2.32. The number of hydrogen-bond acceptors (Lipinski definition) is 6. The number of carbonyl (C=O) groups is 3. The van der Waals surface area contributed by atoms with E-state index in [2.05, 4.69) is 21.2 Å². The lowest BCUT2D eigenvalue weighted by atomic mass is 10.2. The molecule has 0 unspecified atom stereocenters. The van der Waals surface area contributed by atoms with Crippen LogP contribution in [-0.2, 0) is 14.4 Å². The maximum Gasteiger partial charge on any atom is 0.329 e. The highest BCUT2D eigenvalue weighted by Gasteiger charge is 2.13. The molecule has 0 atom stereocenters. The number of halogens is 1. The minimum absolute atomic E-state index is 0.179. The summed E-state index contributed by atoms with van der Waals surface area (Å²) in [6.07, 6.45) is 1.37. The summed E-state index contributed by atoms with van der Waals surface area (Å²) in [4.78, 5) is 36.0. The Kier molecular flexibility index (Phi) is 8.80. The summed E-state index contributed by atoms with van der Waals surface area (Å²) in [5, 5.41) is 9.42. The van der Waals surface area contributed by atoms with Crippen molar-refractivity contribution in [1.82, 2.24) is 5.43 Å². The maximum absolute atomic E-state index is 12.1. The van der Waals surface area contributed by atoms with Crippen LogP contribution in [0.1, 0.15) is 11.1 Å². The molecule has 0 aliphatic carbocycles. The average molecular weight is 495 g/mol. The number of rotatable bonds is 8. The van der Waals surface area contributed by atoms with Gasteiger partial charge in [-0.15, -0.1) is 0 Å². The first-order chi connectivity index (χ1) is 16.8. The summed E-state index contributed by atoms with van der Waals surface area (Å²) in [5.41, 5.74) is 4.65. The predicted molar refractivity (Wildman–Crippen MR) is 134 cm³/mol. The number of carbonyl (C=O) groups excluding carboxylic acids is 3. The Morgan fingerprint density at radius 3 is 2.37 bits per heavy atom.